The van der Waals surface area contributed by atoms with Crippen LogP contribution >= 0.6 is 11.3 Å². The average molecular weight is 704 g/mol. The van der Waals surface area contributed by atoms with Crippen molar-refractivity contribution in [1.82, 2.24) is 34.7 Å². The minimum atomic E-state index is -3.62. The van der Waals surface area contributed by atoms with E-state index >= 15 is 0 Å². The molecule has 4 aromatic heterocycles. The number of likely N-dealkylation sites (N-methyl/N-ethyl adjacent to an activating group) is 1. The molecule has 16 heteroatoms. The van der Waals surface area contributed by atoms with E-state index in [4.69, 9.17) is 19.7 Å². The largest absolute Gasteiger partial charge is 0.479 e. The van der Waals surface area contributed by atoms with Crippen molar-refractivity contribution in [2.75, 3.05) is 86.6 Å². The lowest BCUT2D eigenvalue weighted by molar-refractivity contribution is 0.0981. The summed E-state index contributed by atoms with van der Waals surface area (Å²) >= 11 is 1.49. The van der Waals surface area contributed by atoms with Gasteiger partial charge >= 0.3 is 0 Å². The number of aryl methyl sites for hydroxylation is 1. The van der Waals surface area contributed by atoms with Crippen LogP contribution in [0.4, 0.5) is 34.6 Å². The molecule has 7 rings (SSSR count). The number of fused-ring (bicyclic) bond motifs is 2. The Bertz CT molecular complexity index is 2090. The van der Waals surface area contributed by atoms with E-state index in [2.05, 4.69) is 49.3 Å². The van der Waals surface area contributed by atoms with Gasteiger partial charge < -0.3 is 25.2 Å². The highest BCUT2D eigenvalue weighted by atomic mass is 32.2. The van der Waals surface area contributed by atoms with Gasteiger partial charge in [-0.1, -0.05) is 0 Å². The first-order valence-electron chi connectivity index (χ1n) is 16.3. The predicted molar refractivity (Wildman–Crippen MR) is 197 cm³/mol. The van der Waals surface area contributed by atoms with E-state index in [1.165, 1.54) is 22.7 Å². The fourth-order valence-corrected chi connectivity index (χ4v) is 7.93. The van der Waals surface area contributed by atoms with E-state index in [1.54, 1.807) is 31.6 Å². The number of nitrogens with one attached hydrogen (secondary N) is 2. The number of benzene rings is 1. The van der Waals surface area contributed by atoms with Crippen molar-refractivity contribution in [2.45, 2.75) is 25.8 Å². The van der Waals surface area contributed by atoms with Crippen LogP contribution in [-0.2, 0) is 10.0 Å². The molecule has 2 aliphatic rings. The van der Waals surface area contributed by atoms with Crippen molar-refractivity contribution in [1.29, 1.82) is 0 Å². The molecule has 0 unspecified atom stereocenters. The number of sulfonamides is 1. The van der Waals surface area contributed by atoms with Crippen molar-refractivity contribution >= 4 is 77.3 Å². The molecule has 0 saturated carbocycles. The number of anilines is 6. The number of piperidine rings is 1. The standard InChI is InChI=1S/C33H41N11O3S2/c1-21-20-26(32(47-4)40-31(21)44-13-8-22(9-14-44)43-17-15-41(2)16-18-43)38-33-37-25-10-19-48-29(25)30(39-33)36-24-7-6-23-27(35-12-11-34-23)28(24)42(3)49(5,45)46/h6-7,10-12,19-20,22H,8-9,13-18H2,1-5H3,(H2,36,37,38,39). The first-order chi connectivity index (χ1) is 23.6. The summed E-state index contributed by atoms with van der Waals surface area (Å²) in [6, 6.07) is 8.15. The number of pyridine rings is 1. The molecule has 6 heterocycles. The molecular formula is C33H41N11O3S2. The maximum absolute atomic E-state index is 12.7. The summed E-state index contributed by atoms with van der Waals surface area (Å²) in [6.45, 7) is 8.51. The first-order valence-corrected chi connectivity index (χ1v) is 19.0. The molecule has 2 fully saturated rings. The SMILES string of the molecule is COc1nc(N2CCC(N3CCN(C)CC3)CC2)c(C)cc1Nc1nc(Nc2ccc3nccnc3c2N(C)S(C)(=O)=O)c2sccc2n1. The Morgan fingerprint density at radius 1 is 0.939 bits per heavy atom. The van der Waals surface area contributed by atoms with Gasteiger partial charge in [0.1, 0.15) is 22.7 Å². The van der Waals surface area contributed by atoms with Crippen LogP contribution in [0, 0.1) is 6.92 Å². The van der Waals surface area contributed by atoms with Gasteiger partial charge in [0, 0.05) is 64.8 Å². The van der Waals surface area contributed by atoms with Gasteiger partial charge in [0.2, 0.25) is 21.9 Å². The molecule has 0 radical (unpaired) electrons. The molecule has 2 N–H and O–H groups in total. The Kier molecular flexibility index (Phi) is 9.13. The molecule has 0 spiro atoms. The summed E-state index contributed by atoms with van der Waals surface area (Å²) in [6.07, 6.45) is 6.50. The van der Waals surface area contributed by atoms with Crippen LogP contribution in [0.15, 0.2) is 42.0 Å². The Balaban J connectivity index is 1.16. The maximum atomic E-state index is 12.7. The Morgan fingerprint density at radius 2 is 1.69 bits per heavy atom. The lowest BCUT2D eigenvalue weighted by Crippen LogP contribution is -2.52. The van der Waals surface area contributed by atoms with Crippen LogP contribution in [0.3, 0.4) is 0 Å². The van der Waals surface area contributed by atoms with Crippen LogP contribution in [0.25, 0.3) is 21.3 Å². The third-order valence-electron chi connectivity index (χ3n) is 9.39. The molecule has 14 nitrogen and oxygen atoms in total. The van der Waals surface area contributed by atoms with Crippen molar-refractivity contribution in [3.05, 3.63) is 47.6 Å². The number of thiophene rings is 1. The molecule has 0 amide bonds. The summed E-state index contributed by atoms with van der Waals surface area (Å²) in [5, 5.41) is 8.67. The zero-order chi connectivity index (χ0) is 34.3. The molecular weight excluding hydrogens is 663 g/mol. The minimum absolute atomic E-state index is 0.340. The molecule has 1 aromatic carbocycles. The lowest BCUT2D eigenvalue weighted by Gasteiger charge is -2.42. The lowest BCUT2D eigenvalue weighted by atomic mass is 10.0. The highest BCUT2D eigenvalue weighted by Crippen LogP contribution is 2.39. The van der Waals surface area contributed by atoms with E-state index in [9.17, 15) is 8.42 Å². The van der Waals surface area contributed by atoms with Crippen LogP contribution in [0.5, 0.6) is 5.88 Å². The van der Waals surface area contributed by atoms with Crippen molar-refractivity contribution in [2.24, 2.45) is 0 Å². The first kappa shape index (κ1) is 33.1. The van der Waals surface area contributed by atoms with Gasteiger partial charge in [-0.25, -0.2) is 13.4 Å². The second kappa shape index (κ2) is 13.5. The van der Waals surface area contributed by atoms with Crippen LogP contribution < -0.4 is 24.6 Å². The van der Waals surface area contributed by atoms with Crippen LogP contribution in [0.2, 0.25) is 0 Å². The fourth-order valence-electron chi connectivity index (χ4n) is 6.64. The summed E-state index contributed by atoms with van der Waals surface area (Å²) < 4.78 is 33.2. The summed E-state index contributed by atoms with van der Waals surface area (Å²) in [7, 11) is 1.69. The number of nitrogens with zero attached hydrogens (tertiary/aromatic N) is 9. The molecule has 2 aliphatic heterocycles. The number of ether oxygens (including phenoxy) is 1. The van der Waals surface area contributed by atoms with E-state index in [0.29, 0.717) is 51.8 Å². The van der Waals surface area contributed by atoms with E-state index < -0.39 is 10.0 Å². The number of rotatable bonds is 9. The van der Waals surface area contributed by atoms with Crippen molar-refractivity contribution < 1.29 is 13.2 Å². The second-order valence-corrected chi connectivity index (χ2v) is 15.6. The minimum Gasteiger partial charge on any atom is -0.479 e. The zero-order valence-corrected chi connectivity index (χ0v) is 30.0. The zero-order valence-electron chi connectivity index (χ0n) is 28.3. The number of piperazine rings is 1. The van der Waals surface area contributed by atoms with E-state index in [0.717, 1.165) is 80.0 Å². The summed E-state index contributed by atoms with van der Waals surface area (Å²) in [4.78, 5) is 30.8. The van der Waals surface area contributed by atoms with Gasteiger partial charge in [0.15, 0.2) is 5.82 Å². The number of hydrogen-bond acceptors (Lipinski definition) is 14. The molecule has 5 aromatic rings. The third-order valence-corrected chi connectivity index (χ3v) is 11.5. The Hall–Kier alpha value is -4.38. The van der Waals surface area contributed by atoms with Gasteiger partial charge in [0.25, 0.3) is 0 Å². The monoisotopic (exact) mass is 703 g/mol. The topological polar surface area (TPSA) is 145 Å². The number of aromatic nitrogens is 5. The maximum Gasteiger partial charge on any atom is 0.239 e. The Labute approximate surface area is 290 Å². The fraction of sp³-hybridized carbons (Fsp3) is 0.424. The molecule has 2 saturated heterocycles. The summed E-state index contributed by atoms with van der Waals surface area (Å²) in [5.41, 5.74) is 4.31. The molecule has 0 aliphatic carbocycles. The predicted octanol–water partition coefficient (Wildman–Crippen LogP) is 4.45. The van der Waals surface area contributed by atoms with Crippen LogP contribution in [-0.4, -0.2) is 116 Å². The van der Waals surface area contributed by atoms with Gasteiger partial charge in [-0.05, 0) is 62.0 Å². The van der Waals surface area contributed by atoms with Gasteiger partial charge in [-0.15, -0.1) is 11.3 Å². The number of hydrogen-bond donors (Lipinski definition) is 2. The van der Waals surface area contributed by atoms with Crippen LogP contribution in [0.1, 0.15) is 18.4 Å². The highest BCUT2D eigenvalue weighted by Gasteiger charge is 2.28. The average Bonchev–Trinajstić information content (AvgIpc) is 3.57. The molecule has 258 valence electrons. The molecule has 49 heavy (non-hydrogen) atoms. The van der Waals surface area contributed by atoms with Gasteiger partial charge in [0.05, 0.1) is 34.8 Å². The van der Waals surface area contributed by atoms with Crippen molar-refractivity contribution in [3.8, 4) is 5.88 Å². The van der Waals surface area contributed by atoms with Gasteiger partial charge in [-0.2, -0.15) is 9.97 Å². The highest BCUT2D eigenvalue weighted by molar-refractivity contribution is 7.92. The number of methoxy groups -OCH3 is 1. The molecule has 0 atom stereocenters. The van der Waals surface area contributed by atoms with Crippen molar-refractivity contribution in [3.63, 3.8) is 0 Å². The van der Waals surface area contributed by atoms with Gasteiger partial charge in [-0.3, -0.25) is 19.2 Å². The smallest absolute Gasteiger partial charge is 0.239 e. The molecule has 0 bridgehead atoms. The third kappa shape index (κ3) is 6.77. The van der Waals surface area contributed by atoms with E-state index in [1.807, 2.05) is 17.5 Å². The Morgan fingerprint density at radius 3 is 2.43 bits per heavy atom. The second-order valence-electron chi connectivity index (χ2n) is 12.6. The summed E-state index contributed by atoms with van der Waals surface area (Å²) in [5.74, 6) is 2.23. The van der Waals surface area contributed by atoms with E-state index in [-0.39, 0.29) is 0 Å². The normalized spacial score (nSPS) is 16.7. The quantitative estimate of drug-likeness (QED) is 0.223.